The molecular weight excluding hydrogens is 301 g/mol. The standard InChI is InChI=1S/C16H16FN3OS/c17-11-6-12(7-18)20(8-11)16(21)14(19)5-10-9-22-15-4-2-1-3-13(10)15/h1-4,9,11-12,14H,5-6,8,19H2/t11-,12-,14?/m0/s1. The number of benzene rings is 1. The van der Waals surface area contributed by atoms with Crippen LogP contribution in [0, 0.1) is 11.3 Å². The zero-order valence-corrected chi connectivity index (χ0v) is 12.7. The number of carbonyl (C=O) groups is 1. The van der Waals surface area contributed by atoms with Crippen molar-refractivity contribution in [3.05, 3.63) is 35.2 Å². The molecule has 3 atom stereocenters. The minimum atomic E-state index is -1.14. The van der Waals surface area contributed by atoms with Gasteiger partial charge in [0.15, 0.2) is 0 Å². The van der Waals surface area contributed by atoms with Crippen LogP contribution in [-0.2, 0) is 11.2 Å². The normalized spacial score (nSPS) is 22.7. The van der Waals surface area contributed by atoms with Gasteiger partial charge in [-0.2, -0.15) is 5.26 Å². The topological polar surface area (TPSA) is 70.1 Å². The first kappa shape index (κ1) is 14.9. The van der Waals surface area contributed by atoms with Gasteiger partial charge >= 0.3 is 0 Å². The fraction of sp³-hybridized carbons (Fsp3) is 0.375. The van der Waals surface area contributed by atoms with Crippen LogP contribution < -0.4 is 5.73 Å². The van der Waals surface area contributed by atoms with Crippen LogP contribution in [0.15, 0.2) is 29.6 Å². The van der Waals surface area contributed by atoms with Crippen LogP contribution in [0.5, 0.6) is 0 Å². The number of thiophene rings is 1. The number of nitrogens with zero attached hydrogens (tertiary/aromatic N) is 2. The van der Waals surface area contributed by atoms with E-state index in [1.54, 1.807) is 11.3 Å². The van der Waals surface area contributed by atoms with Gasteiger partial charge in [0, 0.05) is 11.1 Å². The maximum absolute atomic E-state index is 13.4. The van der Waals surface area contributed by atoms with Gasteiger partial charge in [0.05, 0.1) is 18.7 Å². The monoisotopic (exact) mass is 317 g/mol. The van der Waals surface area contributed by atoms with Gasteiger partial charge in [-0.25, -0.2) is 4.39 Å². The lowest BCUT2D eigenvalue weighted by Crippen LogP contribution is -2.46. The predicted octanol–water partition coefficient (Wildman–Crippen LogP) is 2.23. The minimum Gasteiger partial charge on any atom is -0.322 e. The Labute approximate surface area is 131 Å². The summed E-state index contributed by atoms with van der Waals surface area (Å²) in [7, 11) is 0. The van der Waals surface area contributed by atoms with E-state index in [1.807, 2.05) is 35.7 Å². The van der Waals surface area contributed by atoms with Crippen molar-refractivity contribution >= 4 is 27.3 Å². The van der Waals surface area contributed by atoms with Gasteiger partial charge in [-0.15, -0.1) is 11.3 Å². The highest BCUT2D eigenvalue weighted by atomic mass is 32.1. The average Bonchev–Trinajstić information content (AvgIpc) is 3.10. The number of fused-ring (bicyclic) bond motifs is 1. The number of alkyl halides is 1. The van der Waals surface area contributed by atoms with E-state index >= 15 is 0 Å². The van der Waals surface area contributed by atoms with Gasteiger partial charge in [0.1, 0.15) is 12.2 Å². The molecule has 0 bridgehead atoms. The van der Waals surface area contributed by atoms with Crippen LogP contribution >= 0.6 is 11.3 Å². The van der Waals surface area contributed by atoms with Crippen LogP contribution in [0.25, 0.3) is 10.1 Å². The number of nitriles is 1. The molecule has 2 heterocycles. The molecule has 2 N–H and O–H groups in total. The zero-order valence-electron chi connectivity index (χ0n) is 11.9. The molecule has 0 radical (unpaired) electrons. The highest BCUT2D eigenvalue weighted by Gasteiger charge is 2.37. The molecule has 6 heteroatoms. The Morgan fingerprint density at radius 2 is 2.32 bits per heavy atom. The molecule has 1 aromatic carbocycles. The van der Waals surface area contributed by atoms with Gasteiger partial charge in [0.25, 0.3) is 0 Å². The fourth-order valence-electron chi connectivity index (χ4n) is 2.88. The molecule has 22 heavy (non-hydrogen) atoms. The second-order valence-corrected chi connectivity index (χ2v) is 6.45. The first-order valence-electron chi connectivity index (χ1n) is 7.15. The summed E-state index contributed by atoms with van der Waals surface area (Å²) in [4.78, 5) is 13.7. The van der Waals surface area contributed by atoms with Crippen molar-refractivity contribution in [2.45, 2.75) is 31.1 Å². The quantitative estimate of drug-likeness (QED) is 0.944. The summed E-state index contributed by atoms with van der Waals surface area (Å²) in [5.74, 6) is -0.345. The summed E-state index contributed by atoms with van der Waals surface area (Å²) in [6.07, 6.45) is -0.659. The number of hydrogen-bond acceptors (Lipinski definition) is 4. The van der Waals surface area contributed by atoms with Gasteiger partial charge in [-0.3, -0.25) is 4.79 Å². The van der Waals surface area contributed by atoms with Gasteiger partial charge in [-0.1, -0.05) is 18.2 Å². The fourth-order valence-corrected chi connectivity index (χ4v) is 3.85. The molecule has 1 amide bonds. The zero-order chi connectivity index (χ0) is 15.7. The van der Waals surface area contributed by atoms with Crippen molar-refractivity contribution in [1.82, 2.24) is 4.90 Å². The number of amides is 1. The highest BCUT2D eigenvalue weighted by Crippen LogP contribution is 2.27. The number of rotatable bonds is 3. The first-order chi connectivity index (χ1) is 10.6. The molecule has 1 unspecified atom stereocenters. The van der Waals surface area contributed by atoms with Crippen molar-refractivity contribution in [1.29, 1.82) is 5.26 Å². The van der Waals surface area contributed by atoms with Crippen LogP contribution in [0.2, 0.25) is 0 Å². The molecule has 0 aliphatic carbocycles. The molecule has 1 saturated heterocycles. The minimum absolute atomic E-state index is 0.0326. The third-order valence-corrected chi connectivity index (χ3v) is 5.01. The Bertz CT molecular complexity index is 738. The Balaban J connectivity index is 1.75. The van der Waals surface area contributed by atoms with Gasteiger partial charge < -0.3 is 10.6 Å². The molecule has 1 fully saturated rings. The Morgan fingerprint density at radius 1 is 1.55 bits per heavy atom. The Morgan fingerprint density at radius 3 is 3.09 bits per heavy atom. The SMILES string of the molecule is N#C[C@@H]1C[C@H](F)CN1C(=O)C(N)Cc1csc2ccccc12. The largest absolute Gasteiger partial charge is 0.322 e. The van der Waals surface area contributed by atoms with E-state index in [-0.39, 0.29) is 18.9 Å². The van der Waals surface area contributed by atoms with E-state index in [2.05, 4.69) is 0 Å². The molecule has 0 spiro atoms. The van der Waals surface area contributed by atoms with Crippen molar-refractivity contribution in [2.24, 2.45) is 5.73 Å². The van der Waals surface area contributed by atoms with Crippen molar-refractivity contribution in [3.8, 4) is 6.07 Å². The molecule has 2 aromatic rings. The maximum atomic E-state index is 13.4. The molecule has 1 aliphatic heterocycles. The average molecular weight is 317 g/mol. The van der Waals surface area contributed by atoms with Crippen molar-refractivity contribution < 1.29 is 9.18 Å². The molecule has 4 nitrogen and oxygen atoms in total. The van der Waals surface area contributed by atoms with E-state index in [0.29, 0.717) is 6.42 Å². The third-order valence-electron chi connectivity index (χ3n) is 4.00. The number of halogens is 1. The number of carbonyl (C=O) groups excluding carboxylic acids is 1. The van der Waals surface area contributed by atoms with Crippen LogP contribution in [0.3, 0.4) is 0 Å². The van der Waals surface area contributed by atoms with Crippen LogP contribution in [0.1, 0.15) is 12.0 Å². The summed E-state index contributed by atoms with van der Waals surface area (Å²) in [6, 6.07) is 8.48. The van der Waals surface area contributed by atoms with E-state index in [1.165, 1.54) is 4.90 Å². The Kier molecular flexibility index (Phi) is 4.10. The lowest BCUT2D eigenvalue weighted by atomic mass is 10.0. The molecule has 3 rings (SSSR count). The first-order valence-corrected chi connectivity index (χ1v) is 8.03. The molecule has 114 valence electrons. The van der Waals surface area contributed by atoms with Crippen LogP contribution in [0.4, 0.5) is 4.39 Å². The van der Waals surface area contributed by atoms with E-state index < -0.39 is 18.3 Å². The molecule has 1 aromatic heterocycles. The maximum Gasteiger partial charge on any atom is 0.241 e. The predicted molar refractivity (Wildman–Crippen MR) is 84.1 cm³/mol. The summed E-state index contributed by atoms with van der Waals surface area (Å²) >= 11 is 1.61. The van der Waals surface area contributed by atoms with Gasteiger partial charge in [-0.05, 0) is 28.8 Å². The molecular formula is C16H16FN3OS. The lowest BCUT2D eigenvalue weighted by Gasteiger charge is -2.23. The van der Waals surface area contributed by atoms with Crippen LogP contribution in [-0.4, -0.2) is 35.6 Å². The summed E-state index contributed by atoms with van der Waals surface area (Å²) in [5.41, 5.74) is 7.04. The van der Waals surface area contributed by atoms with E-state index in [4.69, 9.17) is 11.0 Å². The Hall–Kier alpha value is -1.97. The van der Waals surface area contributed by atoms with Crippen molar-refractivity contribution in [3.63, 3.8) is 0 Å². The van der Waals surface area contributed by atoms with E-state index in [9.17, 15) is 9.18 Å². The number of nitrogens with two attached hydrogens (primary N) is 1. The summed E-state index contributed by atoms with van der Waals surface area (Å²) in [6.45, 7) is -0.0326. The molecule has 0 saturated carbocycles. The number of hydrogen-bond donors (Lipinski definition) is 1. The second kappa shape index (κ2) is 6.03. The lowest BCUT2D eigenvalue weighted by molar-refractivity contribution is -0.132. The van der Waals surface area contributed by atoms with Gasteiger partial charge in [0.2, 0.25) is 5.91 Å². The third kappa shape index (κ3) is 2.70. The summed E-state index contributed by atoms with van der Waals surface area (Å²) in [5, 5.41) is 12.1. The van der Waals surface area contributed by atoms with E-state index in [0.717, 1.165) is 15.6 Å². The summed E-state index contributed by atoms with van der Waals surface area (Å²) < 4.78 is 14.6. The molecule has 1 aliphatic rings. The smallest absolute Gasteiger partial charge is 0.241 e. The van der Waals surface area contributed by atoms with Crippen molar-refractivity contribution in [2.75, 3.05) is 6.54 Å². The second-order valence-electron chi connectivity index (χ2n) is 5.54. The highest BCUT2D eigenvalue weighted by molar-refractivity contribution is 7.17. The number of likely N-dealkylation sites (tertiary alicyclic amines) is 1.